The highest BCUT2D eigenvalue weighted by molar-refractivity contribution is 7.98. The Bertz CT molecular complexity index is 787. The van der Waals surface area contributed by atoms with Gasteiger partial charge in [0.15, 0.2) is 5.16 Å². The third-order valence-electron chi connectivity index (χ3n) is 4.05. The minimum atomic E-state index is -0.230. The molecule has 1 fully saturated rings. The highest BCUT2D eigenvalue weighted by Crippen LogP contribution is 2.32. The van der Waals surface area contributed by atoms with E-state index in [9.17, 15) is 9.90 Å². The number of aromatic nitrogens is 2. The zero-order valence-electron chi connectivity index (χ0n) is 12.6. The predicted molar refractivity (Wildman–Crippen MR) is 88.4 cm³/mol. The number of aromatic hydroxyl groups is 1. The molecule has 1 saturated carbocycles. The van der Waals surface area contributed by atoms with Gasteiger partial charge in [0.1, 0.15) is 0 Å². The molecule has 1 aliphatic rings. The molecule has 5 nitrogen and oxygen atoms in total. The molecule has 1 heterocycles. The number of nitriles is 1. The third-order valence-corrected chi connectivity index (χ3v) is 5.07. The standard InChI is InChI=1S/C17H17N3O2S/c18-10-12-5-7-13(8-6-12)11-23-17-19-15(21)9-16(22)20(17)14-3-1-2-4-14/h5-9,14,21H,1-4,11H2. The molecule has 0 saturated heterocycles. The molecule has 23 heavy (non-hydrogen) atoms. The Kier molecular flexibility index (Phi) is 4.68. The van der Waals surface area contributed by atoms with E-state index in [1.54, 1.807) is 16.7 Å². The second kappa shape index (κ2) is 6.88. The summed E-state index contributed by atoms with van der Waals surface area (Å²) in [7, 11) is 0. The van der Waals surface area contributed by atoms with Crippen LogP contribution in [-0.4, -0.2) is 14.7 Å². The normalized spacial score (nSPS) is 14.7. The Hall–Kier alpha value is -2.26. The maximum absolute atomic E-state index is 12.3. The van der Waals surface area contributed by atoms with Gasteiger partial charge in [0.25, 0.3) is 5.56 Å². The molecule has 0 amide bonds. The SMILES string of the molecule is N#Cc1ccc(CSc2nc(O)cc(=O)n2C2CCCC2)cc1. The molecule has 2 aromatic rings. The first-order valence-electron chi connectivity index (χ1n) is 7.62. The van der Waals surface area contributed by atoms with Crippen LogP contribution in [0.4, 0.5) is 0 Å². The topological polar surface area (TPSA) is 78.9 Å². The van der Waals surface area contributed by atoms with E-state index in [4.69, 9.17) is 5.26 Å². The van der Waals surface area contributed by atoms with Crippen LogP contribution in [-0.2, 0) is 5.75 Å². The Labute approximate surface area is 138 Å². The van der Waals surface area contributed by atoms with Crippen LogP contribution in [0.2, 0.25) is 0 Å². The third kappa shape index (κ3) is 3.57. The molecule has 0 spiro atoms. The summed E-state index contributed by atoms with van der Waals surface area (Å²) >= 11 is 1.44. The summed E-state index contributed by atoms with van der Waals surface area (Å²) < 4.78 is 1.72. The second-order valence-electron chi connectivity index (χ2n) is 5.64. The van der Waals surface area contributed by atoms with Gasteiger partial charge in [-0.15, -0.1) is 0 Å². The molecule has 0 atom stereocenters. The van der Waals surface area contributed by atoms with Crippen molar-refractivity contribution in [2.45, 2.75) is 42.6 Å². The van der Waals surface area contributed by atoms with Crippen molar-refractivity contribution in [3.63, 3.8) is 0 Å². The van der Waals surface area contributed by atoms with Crippen LogP contribution in [0.3, 0.4) is 0 Å². The zero-order chi connectivity index (χ0) is 16.2. The van der Waals surface area contributed by atoms with Crippen molar-refractivity contribution in [1.82, 2.24) is 9.55 Å². The van der Waals surface area contributed by atoms with Crippen LogP contribution in [0.1, 0.15) is 42.9 Å². The van der Waals surface area contributed by atoms with Crippen molar-refractivity contribution < 1.29 is 5.11 Å². The summed E-state index contributed by atoms with van der Waals surface area (Å²) in [5, 5.41) is 19.0. The molecular weight excluding hydrogens is 310 g/mol. The van der Waals surface area contributed by atoms with Gasteiger partial charge >= 0.3 is 0 Å². The van der Waals surface area contributed by atoms with Gasteiger partial charge in [-0.1, -0.05) is 36.7 Å². The number of hydrogen-bond donors (Lipinski definition) is 1. The summed E-state index contributed by atoms with van der Waals surface area (Å²) in [5.41, 5.74) is 1.48. The molecule has 6 heteroatoms. The fraction of sp³-hybridized carbons (Fsp3) is 0.353. The van der Waals surface area contributed by atoms with Gasteiger partial charge < -0.3 is 5.11 Å². The summed E-state index contributed by atoms with van der Waals surface area (Å²) in [6, 6.07) is 10.8. The van der Waals surface area contributed by atoms with Crippen LogP contribution in [0.5, 0.6) is 5.88 Å². The van der Waals surface area contributed by atoms with Crippen molar-refractivity contribution in [3.8, 4) is 11.9 Å². The summed E-state index contributed by atoms with van der Waals surface area (Å²) in [4.78, 5) is 16.4. The second-order valence-corrected chi connectivity index (χ2v) is 6.58. The van der Waals surface area contributed by atoms with Crippen molar-refractivity contribution in [1.29, 1.82) is 5.26 Å². The Morgan fingerprint density at radius 2 is 2.00 bits per heavy atom. The summed E-state index contributed by atoms with van der Waals surface area (Å²) in [6.45, 7) is 0. The van der Waals surface area contributed by atoms with Crippen LogP contribution >= 0.6 is 11.8 Å². The van der Waals surface area contributed by atoms with Gasteiger partial charge in [0.05, 0.1) is 17.7 Å². The number of hydrogen-bond acceptors (Lipinski definition) is 5. The van der Waals surface area contributed by atoms with Gasteiger partial charge in [-0.25, -0.2) is 0 Å². The van der Waals surface area contributed by atoms with Crippen molar-refractivity contribution in [2.24, 2.45) is 0 Å². The molecule has 118 valence electrons. The van der Waals surface area contributed by atoms with Crippen LogP contribution < -0.4 is 5.56 Å². The first kappa shape index (κ1) is 15.6. The lowest BCUT2D eigenvalue weighted by Crippen LogP contribution is -2.25. The van der Waals surface area contributed by atoms with Gasteiger partial charge in [-0.2, -0.15) is 10.2 Å². The molecule has 1 N–H and O–H groups in total. The van der Waals surface area contributed by atoms with Gasteiger partial charge in [-0.05, 0) is 30.5 Å². The highest BCUT2D eigenvalue weighted by Gasteiger charge is 2.22. The Morgan fingerprint density at radius 1 is 1.30 bits per heavy atom. The summed E-state index contributed by atoms with van der Waals surface area (Å²) in [6.07, 6.45) is 4.21. The number of nitrogens with zero attached hydrogens (tertiary/aromatic N) is 3. The van der Waals surface area contributed by atoms with E-state index in [1.165, 1.54) is 17.8 Å². The molecule has 1 aliphatic carbocycles. The summed E-state index contributed by atoms with van der Waals surface area (Å²) in [5.74, 6) is 0.403. The van der Waals surface area contributed by atoms with Gasteiger partial charge in [0.2, 0.25) is 5.88 Å². The van der Waals surface area contributed by atoms with Crippen LogP contribution in [0.15, 0.2) is 40.3 Å². The van der Waals surface area contributed by atoms with E-state index in [1.807, 2.05) is 12.1 Å². The molecule has 0 radical (unpaired) electrons. The molecule has 1 aromatic heterocycles. The van der Waals surface area contributed by atoms with Crippen LogP contribution in [0, 0.1) is 11.3 Å². The van der Waals surface area contributed by atoms with E-state index in [-0.39, 0.29) is 17.5 Å². The fourth-order valence-electron chi connectivity index (χ4n) is 2.88. The molecular formula is C17H17N3O2S. The van der Waals surface area contributed by atoms with E-state index < -0.39 is 0 Å². The number of thioether (sulfide) groups is 1. The Morgan fingerprint density at radius 3 is 2.65 bits per heavy atom. The number of rotatable bonds is 4. The largest absolute Gasteiger partial charge is 0.493 e. The first-order valence-corrected chi connectivity index (χ1v) is 8.60. The first-order chi connectivity index (χ1) is 11.2. The maximum Gasteiger partial charge on any atom is 0.258 e. The average Bonchev–Trinajstić information content (AvgIpc) is 3.06. The van der Waals surface area contributed by atoms with Crippen molar-refractivity contribution in [2.75, 3.05) is 0 Å². The lowest BCUT2D eigenvalue weighted by atomic mass is 10.2. The number of benzene rings is 1. The molecule has 1 aromatic carbocycles. The van der Waals surface area contributed by atoms with Gasteiger partial charge in [-0.3, -0.25) is 9.36 Å². The maximum atomic E-state index is 12.3. The van der Waals surface area contributed by atoms with E-state index in [0.717, 1.165) is 31.2 Å². The average molecular weight is 327 g/mol. The van der Waals surface area contributed by atoms with E-state index >= 15 is 0 Å². The molecule has 0 unspecified atom stereocenters. The lowest BCUT2D eigenvalue weighted by molar-refractivity contribution is 0.406. The van der Waals surface area contributed by atoms with Crippen molar-refractivity contribution >= 4 is 11.8 Å². The van der Waals surface area contributed by atoms with Gasteiger partial charge in [0, 0.05) is 11.8 Å². The van der Waals surface area contributed by atoms with Crippen LogP contribution in [0.25, 0.3) is 0 Å². The monoisotopic (exact) mass is 327 g/mol. The van der Waals surface area contributed by atoms with Crippen molar-refractivity contribution in [3.05, 3.63) is 51.8 Å². The minimum Gasteiger partial charge on any atom is -0.493 e. The Balaban J connectivity index is 1.83. The predicted octanol–water partition coefficient (Wildman–Crippen LogP) is 3.23. The fourth-order valence-corrected chi connectivity index (χ4v) is 3.91. The molecule has 0 aliphatic heterocycles. The highest BCUT2D eigenvalue weighted by atomic mass is 32.2. The van der Waals surface area contributed by atoms with E-state index in [2.05, 4.69) is 11.1 Å². The molecule has 3 rings (SSSR count). The lowest BCUT2D eigenvalue weighted by Gasteiger charge is -2.17. The zero-order valence-corrected chi connectivity index (χ0v) is 13.4. The minimum absolute atomic E-state index is 0.180. The molecule has 0 bridgehead atoms. The smallest absolute Gasteiger partial charge is 0.258 e. The quantitative estimate of drug-likeness (QED) is 0.689. The van der Waals surface area contributed by atoms with E-state index in [0.29, 0.717) is 16.5 Å².